The highest BCUT2D eigenvalue weighted by atomic mass is 19.1. The number of benzene rings is 2. The fraction of sp³-hybridized carbons (Fsp3) is 0.0625. The highest BCUT2D eigenvalue weighted by Gasteiger charge is 2.22. The smallest absolute Gasteiger partial charge is 0.219 e. The Morgan fingerprint density at radius 2 is 1.85 bits per heavy atom. The summed E-state index contributed by atoms with van der Waals surface area (Å²) in [6.45, 7) is 0. The van der Waals surface area contributed by atoms with Crippen LogP contribution in [0.3, 0.4) is 0 Å². The summed E-state index contributed by atoms with van der Waals surface area (Å²) in [5, 5.41) is 0.550. The van der Waals surface area contributed by atoms with Gasteiger partial charge in [0.2, 0.25) is 5.78 Å². The molecule has 0 spiro atoms. The third-order valence-electron chi connectivity index (χ3n) is 3.18. The summed E-state index contributed by atoms with van der Waals surface area (Å²) >= 11 is 0. The molecule has 2 N–H and O–H groups in total. The van der Waals surface area contributed by atoms with E-state index in [0.717, 1.165) is 0 Å². The van der Waals surface area contributed by atoms with Crippen molar-refractivity contribution in [3.63, 3.8) is 0 Å². The third kappa shape index (κ3) is 2.10. The summed E-state index contributed by atoms with van der Waals surface area (Å²) in [6.07, 6.45) is 0. The monoisotopic (exact) mass is 269 g/mol. The molecule has 0 saturated heterocycles. The van der Waals surface area contributed by atoms with Crippen LogP contribution in [0.4, 0.5) is 4.39 Å². The molecule has 0 amide bonds. The Kier molecular flexibility index (Phi) is 3.08. The largest absolute Gasteiger partial charge is 0.450 e. The van der Waals surface area contributed by atoms with E-state index in [0.29, 0.717) is 10.9 Å². The maximum absolute atomic E-state index is 13.6. The fourth-order valence-corrected chi connectivity index (χ4v) is 2.11. The van der Waals surface area contributed by atoms with E-state index in [9.17, 15) is 9.18 Å². The van der Waals surface area contributed by atoms with E-state index in [1.165, 1.54) is 12.1 Å². The predicted octanol–water partition coefficient (Wildman–Crippen LogP) is 3.45. The second-order valence-electron chi connectivity index (χ2n) is 4.52. The van der Waals surface area contributed by atoms with Crippen LogP contribution in [0, 0.1) is 5.82 Å². The normalized spacial score (nSPS) is 12.5. The molecule has 0 fully saturated rings. The van der Waals surface area contributed by atoms with Gasteiger partial charge in [-0.25, -0.2) is 4.39 Å². The van der Waals surface area contributed by atoms with Gasteiger partial charge in [-0.3, -0.25) is 4.79 Å². The molecular formula is C16H12FNO2. The molecule has 3 nitrogen and oxygen atoms in total. The van der Waals surface area contributed by atoms with Crippen LogP contribution in [0.15, 0.2) is 59.0 Å². The first kappa shape index (κ1) is 12.6. The summed E-state index contributed by atoms with van der Waals surface area (Å²) in [6, 6.07) is 14.2. The molecule has 2 aromatic carbocycles. The van der Waals surface area contributed by atoms with Gasteiger partial charge in [0.15, 0.2) is 17.2 Å². The van der Waals surface area contributed by atoms with Crippen molar-refractivity contribution >= 4 is 16.8 Å². The lowest BCUT2D eigenvalue weighted by Gasteiger charge is -2.08. The van der Waals surface area contributed by atoms with E-state index in [2.05, 4.69) is 0 Å². The summed E-state index contributed by atoms with van der Waals surface area (Å²) in [5.74, 6) is -0.789. The molecule has 1 unspecified atom stereocenters. The molecule has 0 aliphatic rings. The molecule has 0 aliphatic heterocycles. The van der Waals surface area contributed by atoms with Crippen molar-refractivity contribution in [3.05, 3.63) is 71.7 Å². The number of rotatable bonds is 3. The predicted molar refractivity (Wildman–Crippen MR) is 73.9 cm³/mol. The first-order valence-electron chi connectivity index (χ1n) is 6.19. The van der Waals surface area contributed by atoms with Crippen molar-refractivity contribution < 1.29 is 13.6 Å². The highest BCUT2D eigenvalue weighted by molar-refractivity contribution is 6.01. The first-order chi connectivity index (χ1) is 9.66. The molecule has 20 heavy (non-hydrogen) atoms. The van der Waals surface area contributed by atoms with Crippen molar-refractivity contribution in [3.8, 4) is 0 Å². The zero-order chi connectivity index (χ0) is 14.1. The van der Waals surface area contributed by atoms with E-state index in [-0.39, 0.29) is 17.1 Å². The molecule has 3 aromatic rings. The Labute approximate surface area is 114 Å². The third-order valence-corrected chi connectivity index (χ3v) is 3.18. The number of halogens is 1. The second-order valence-corrected chi connectivity index (χ2v) is 4.52. The van der Waals surface area contributed by atoms with E-state index >= 15 is 0 Å². The molecule has 0 saturated carbocycles. The van der Waals surface area contributed by atoms with Crippen LogP contribution in [-0.2, 0) is 0 Å². The minimum Gasteiger partial charge on any atom is -0.450 e. The molecule has 1 aromatic heterocycles. The van der Waals surface area contributed by atoms with E-state index in [1.807, 2.05) is 6.07 Å². The average molecular weight is 269 g/mol. The van der Waals surface area contributed by atoms with Gasteiger partial charge in [0.1, 0.15) is 0 Å². The van der Waals surface area contributed by atoms with Crippen molar-refractivity contribution in [1.29, 1.82) is 0 Å². The molecule has 1 atom stereocenters. The lowest BCUT2D eigenvalue weighted by Crippen LogP contribution is -2.20. The van der Waals surface area contributed by atoms with Gasteiger partial charge >= 0.3 is 0 Å². The van der Waals surface area contributed by atoms with Crippen LogP contribution in [0.2, 0.25) is 0 Å². The van der Waals surface area contributed by atoms with Crippen molar-refractivity contribution in [1.82, 2.24) is 0 Å². The lowest BCUT2D eigenvalue weighted by atomic mass is 10.0. The zero-order valence-corrected chi connectivity index (χ0v) is 10.5. The molecule has 4 heteroatoms. The van der Waals surface area contributed by atoms with Gasteiger partial charge in [0.25, 0.3) is 0 Å². The van der Waals surface area contributed by atoms with Crippen molar-refractivity contribution in [2.24, 2.45) is 5.73 Å². The van der Waals surface area contributed by atoms with Gasteiger partial charge in [-0.05, 0) is 17.7 Å². The number of furan rings is 1. The van der Waals surface area contributed by atoms with Crippen LogP contribution >= 0.6 is 0 Å². The Hall–Kier alpha value is -2.46. The minimum atomic E-state index is -0.820. The maximum atomic E-state index is 13.6. The number of nitrogens with two attached hydrogens (primary N) is 1. The minimum absolute atomic E-state index is 0.0708. The summed E-state index contributed by atoms with van der Waals surface area (Å²) in [5.41, 5.74) is 6.70. The van der Waals surface area contributed by atoms with Gasteiger partial charge in [-0.2, -0.15) is 0 Å². The molecule has 3 rings (SSSR count). The van der Waals surface area contributed by atoms with Gasteiger partial charge in [-0.1, -0.05) is 42.5 Å². The second kappa shape index (κ2) is 4.90. The van der Waals surface area contributed by atoms with E-state index in [4.69, 9.17) is 10.2 Å². The summed E-state index contributed by atoms with van der Waals surface area (Å²) < 4.78 is 18.8. The SMILES string of the molecule is NC(C(=O)c1cc2cccc(F)c2o1)c1ccccc1. The Morgan fingerprint density at radius 1 is 1.10 bits per heavy atom. The van der Waals surface area contributed by atoms with Crippen molar-refractivity contribution in [2.75, 3.05) is 0 Å². The number of hydrogen-bond donors (Lipinski definition) is 1. The number of Topliss-reactive ketones (excluding diaryl/α,β-unsaturated/α-hetero) is 1. The Morgan fingerprint density at radius 3 is 2.55 bits per heavy atom. The topological polar surface area (TPSA) is 56.2 Å². The Balaban J connectivity index is 1.99. The molecular weight excluding hydrogens is 257 g/mol. The molecule has 0 aliphatic carbocycles. The molecule has 1 heterocycles. The molecule has 0 bridgehead atoms. The number of fused-ring (bicyclic) bond motifs is 1. The van der Waals surface area contributed by atoms with E-state index in [1.54, 1.807) is 36.4 Å². The fourth-order valence-electron chi connectivity index (χ4n) is 2.11. The number of ketones is 1. The quantitative estimate of drug-likeness (QED) is 0.741. The van der Waals surface area contributed by atoms with Crippen molar-refractivity contribution in [2.45, 2.75) is 6.04 Å². The Bertz CT molecular complexity index is 765. The number of carbonyl (C=O) groups excluding carboxylic acids is 1. The standard InChI is InChI=1S/C16H12FNO2/c17-12-8-4-7-11-9-13(20-16(11)12)15(19)14(18)10-5-2-1-3-6-10/h1-9,14H,18H2. The average Bonchev–Trinajstić information content (AvgIpc) is 2.92. The summed E-state index contributed by atoms with van der Waals surface area (Å²) in [7, 11) is 0. The summed E-state index contributed by atoms with van der Waals surface area (Å²) in [4.78, 5) is 12.3. The number of para-hydroxylation sites is 1. The number of hydrogen-bond acceptors (Lipinski definition) is 3. The van der Waals surface area contributed by atoms with Gasteiger partial charge < -0.3 is 10.2 Å². The van der Waals surface area contributed by atoms with E-state index < -0.39 is 11.9 Å². The van der Waals surface area contributed by atoms with Gasteiger partial charge in [0, 0.05) is 5.39 Å². The zero-order valence-electron chi connectivity index (χ0n) is 10.5. The first-order valence-corrected chi connectivity index (χ1v) is 6.19. The molecule has 0 radical (unpaired) electrons. The highest BCUT2D eigenvalue weighted by Crippen LogP contribution is 2.25. The van der Waals surface area contributed by atoms with Gasteiger partial charge in [-0.15, -0.1) is 0 Å². The van der Waals surface area contributed by atoms with Crippen LogP contribution in [0.5, 0.6) is 0 Å². The lowest BCUT2D eigenvalue weighted by molar-refractivity contribution is 0.0936. The van der Waals surface area contributed by atoms with Crippen LogP contribution in [0.1, 0.15) is 22.2 Å². The number of carbonyl (C=O) groups is 1. The van der Waals surface area contributed by atoms with Crippen LogP contribution in [-0.4, -0.2) is 5.78 Å². The van der Waals surface area contributed by atoms with Gasteiger partial charge in [0.05, 0.1) is 6.04 Å². The van der Waals surface area contributed by atoms with Crippen LogP contribution in [0.25, 0.3) is 11.0 Å². The van der Waals surface area contributed by atoms with Crippen LogP contribution < -0.4 is 5.73 Å². The molecule has 100 valence electrons. The maximum Gasteiger partial charge on any atom is 0.219 e.